The highest BCUT2D eigenvalue weighted by Gasteiger charge is 2.46. The Morgan fingerprint density at radius 2 is 1.85 bits per heavy atom. The molecular weight excluding hydrogens is 348 g/mol. The molecule has 0 aliphatic carbocycles. The Morgan fingerprint density at radius 3 is 2.46 bits per heavy atom. The molecule has 26 heavy (non-hydrogen) atoms. The number of aliphatic hydroxyl groups is 4. The molecule has 1 aliphatic rings. The van der Waals surface area contributed by atoms with E-state index < -0.39 is 42.6 Å². The standard InChI is InChI=1S/C17H20O9/c1-6-3-7(19)11-8(20)4-9(24-2)12(16(11)25-6)17-15(23)14(22)13(21)10(5-18)26-17/h3-4,10,13-15,17-18,20-23H,5H2,1-2H3/t10-,13-,14+,15-,17+/m1/s1. The average Bonchev–Trinajstić information content (AvgIpc) is 2.59. The van der Waals surface area contributed by atoms with E-state index in [1.54, 1.807) is 0 Å². The molecule has 3 rings (SSSR count). The maximum atomic E-state index is 12.3. The van der Waals surface area contributed by atoms with Crippen LogP contribution in [0.15, 0.2) is 21.3 Å². The van der Waals surface area contributed by atoms with Gasteiger partial charge in [0, 0.05) is 12.1 Å². The van der Waals surface area contributed by atoms with Crippen LogP contribution in [0.4, 0.5) is 0 Å². The number of aryl methyl sites for hydroxylation is 1. The van der Waals surface area contributed by atoms with Crippen molar-refractivity contribution in [1.82, 2.24) is 0 Å². The number of hydrogen-bond acceptors (Lipinski definition) is 9. The summed E-state index contributed by atoms with van der Waals surface area (Å²) in [7, 11) is 1.31. The van der Waals surface area contributed by atoms with E-state index >= 15 is 0 Å². The van der Waals surface area contributed by atoms with Gasteiger partial charge in [-0.1, -0.05) is 0 Å². The van der Waals surface area contributed by atoms with Crippen LogP contribution in [0.2, 0.25) is 0 Å². The molecule has 2 aromatic rings. The van der Waals surface area contributed by atoms with Gasteiger partial charge in [-0.15, -0.1) is 0 Å². The Hall–Kier alpha value is -2.17. The van der Waals surface area contributed by atoms with Crippen molar-refractivity contribution in [3.05, 3.63) is 33.7 Å². The van der Waals surface area contributed by atoms with Crippen molar-refractivity contribution < 1.29 is 39.4 Å². The van der Waals surface area contributed by atoms with Crippen LogP contribution in [-0.2, 0) is 4.74 Å². The quantitative estimate of drug-likeness (QED) is 0.475. The number of methoxy groups -OCH3 is 1. The Balaban J connectivity index is 2.29. The van der Waals surface area contributed by atoms with Crippen LogP contribution < -0.4 is 10.2 Å². The lowest BCUT2D eigenvalue weighted by atomic mass is 9.89. The molecule has 0 spiro atoms. The highest BCUT2D eigenvalue weighted by molar-refractivity contribution is 5.88. The third-order valence-corrected chi connectivity index (χ3v) is 4.50. The van der Waals surface area contributed by atoms with Gasteiger partial charge in [0.2, 0.25) is 0 Å². The van der Waals surface area contributed by atoms with E-state index in [4.69, 9.17) is 13.9 Å². The SMILES string of the molecule is COc1cc(O)c2c(=O)cc(C)oc2c1[C@@H]1O[C@H](CO)[C@@H](O)[C@H](O)[C@H]1O. The number of ether oxygens (including phenoxy) is 2. The van der Waals surface area contributed by atoms with Crippen LogP contribution in [0.5, 0.6) is 11.5 Å². The summed E-state index contributed by atoms with van der Waals surface area (Å²) in [6.45, 7) is 0.928. The van der Waals surface area contributed by atoms with Gasteiger partial charge in [0.15, 0.2) is 11.0 Å². The highest BCUT2D eigenvalue weighted by atomic mass is 16.5. The van der Waals surface area contributed by atoms with Crippen LogP contribution in [-0.4, -0.2) is 63.7 Å². The summed E-state index contributed by atoms with van der Waals surface area (Å²) < 4.78 is 16.4. The number of fused-ring (bicyclic) bond motifs is 1. The smallest absolute Gasteiger partial charge is 0.196 e. The maximum absolute atomic E-state index is 12.3. The fraction of sp³-hybridized carbons (Fsp3) is 0.471. The number of hydrogen-bond donors (Lipinski definition) is 5. The molecule has 2 heterocycles. The molecule has 9 heteroatoms. The Bertz CT molecular complexity index is 873. The predicted molar refractivity (Wildman–Crippen MR) is 88.2 cm³/mol. The summed E-state index contributed by atoms with van der Waals surface area (Å²) in [4.78, 5) is 12.3. The van der Waals surface area contributed by atoms with Crippen LogP contribution in [0.25, 0.3) is 11.0 Å². The first-order chi connectivity index (χ1) is 12.3. The molecule has 1 fully saturated rings. The summed E-state index contributed by atoms with van der Waals surface area (Å²) in [5.74, 6) is -0.0759. The van der Waals surface area contributed by atoms with Gasteiger partial charge < -0.3 is 39.4 Å². The van der Waals surface area contributed by atoms with E-state index in [9.17, 15) is 30.3 Å². The van der Waals surface area contributed by atoms with Crippen molar-refractivity contribution >= 4 is 11.0 Å². The topological polar surface area (TPSA) is 150 Å². The number of phenolic OH excluding ortho intramolecular Hbond substituents is 1. The van der Waals surface area contributed by atoms with Crippen LogP contribution in [0, 0.1) is 6.92 Å². The number of phenols is 1. The molecule has 1 aliphatic heterocycles. The highest BCUT2D eigenvalue weighted by Crippen LogP contribution is 2.43. The summed E-state index contributed by atoms with van der Waals surface area (Å²) in [6, 6.07) is 2.37. The minimum Gasteiger partial charge on any atom is -0.507 e. The fourth-order valence-corrected chi connectivity index (χ4v) is 3.21. The molecule has 5 N–H and O–H groups in total. The van der Waals surface area contributed by atoms with Crippen molar-refractivity contribution in [2.75, 3.05) is 13.7 Å². The molecule has 9 nitrogen and oxygen atoms in total. The zero-order valence-electron chi connectivity index (χ0n) is 14.1. The molecule has 0 bridgehead atoms. The summed E-state index contributed by atoms with van der Waals surface area (Å²) >= 11 is 0. The number of rotatable bonds is 3. The maximum Gasteiger partial charge on any atom is 0.196 e. The molecule has 1 saturated heterocycles. The molecule has 1 aromatic heterocycles. The van der Waals surface area contributed by atoms with Crippen LogP contribution in [0.3, 0.4) is 0 Å². The van der Waals surface area contributed by atoms with E-state index in [0.29, 0.717) is 0 Å². The monoisotopic (exact) mass is 368 g/mol. The molecule has 1 aromatic carbocycles. The number of aliphatic hydroxyl groups excluding tert-OH is 4. The van der Waals surface area contributed by atoms with Gasteiger partial charge in [-0.3, -0.25) is 4.79 Å². The third kappa shape index (κ3) is 2.83. The first kappa shape index (κ1) is 18.6. The van der Waals surface area contributed by atoms with Crippen molar-refractivity contribution in [2.24, 2.45) is 0 Å². The van der Waals surface area contributed by atoms with Gasteiger partial charge >= 0.3 is 0 Å². The van der Waals surface area contributed by atoms with Gasteiger partial charge in [-0.2, -0.15) is 0 Å². The van der Waals surface area contributed by atoms with E-state index in [-0.39, 0.29) is 33.8 Å². The van der Waals surface area contributed by atoms with Gasteiger partial charge in [0.05, 0.1) is 19.3 Å². The Kier molecular flexibility index (Phi) is 4.91. The fourth-order valence-electron chi connectivity index (χ4n) is 3.21. The van der Waals surface area contributed by atoms with Crippen molar-refractivity contribution in [3.63, 3.8) is 0 Å². The third-order valence-electron chi connectivity index (χ3n) is 4.50. The lowest BCUT2D eigenvalue weighted by molar-refractivity contribution is -0.231. The van der Waals surface area contributed by atoms with E-state index in [1.165, 1.54) is 26.2 Å². The van der Waals surface area contributed by atoms with Crippen molar-refractivity contribution in [1.29, 1.82) is 0 Å². The predicted octanol–water partition coefficient (Wildman–Crippen LogP) is -0.669. The zero-order valence-corrected chi connectivity index (χ0v) is 14.1. The van der Waals surface area contributed by atoms with Crippen molar-refractivity contribution in [3.8, 4) is 11.5 Å². The summed E-state index contributed by atoms with van der Waals surface area (Å²) in [5, 5.41) is 49.8. The lowest BCUT2D eigenvalue weighted by Gasteiger charge is -2.40. The molecule has 0 amide bonds. The van der Waals surface area contributed by atoms with Gasteiger partial charge in [-0.05, 0) is 6.92 Å². The van der Waals surface area contributed by atoms with E-state index in [2.05, 4.69) is 0 Å². The van der Waals surface area contributed by atoms with Crippen LogP contribution >= 0.6 is 0 Å². The van der Waals surface area contributed by atoms with E-state index in [0.717, 1.165) is 0 Å². The van der Waals surface area contributed by atoms with Crippen molar-refractivity contribution in [2.45, 2.75) is 37.4 Å². The van der Waals surface area contributed by atoms with Gasteiger partial charge in [0.25, 0.3) is 0 Å². The summed E-state index contributed by atoms with van der Waals surface area (Å²) in [5.41, 5.74) is -0.496. The molecule has 0 radical (unpaired) electrons. The normalized spacial score (nSPS) is 29.1. The molecule has 142 valence electrons. The van der Waals surface area contributed by atoms with E-state index in [1.807, 2.05) is 0 Å². The number of aromatic hydroxyl groups is 1. The Morgan fingerprint density at radius 1 is 1.15 bits per heavy atom. The second kappa shape index (κ2) is 6.86. The van der Waals surface area contributed by atoms with Crippen LogP contribution in [0.1, 0.15) is 17.4 Å². The second-order valence-corrected chi connectivity index (χ2v) is 6.19. The first-order valence-corrected chi connectivity index (χ1v) is 7.95. The minimum absolute atomic E-state index is 0.0491. The molecule has 0 saturated carbocycles. The number of benzene rings is 1. The summed E-state index contributed by atoms with van der Waals surface area (Å²) in [6.07, 6.45) is -7.18. The average molecular weight is 368 g/mol. The Labute approximate surface area is 147 Å². The molecule has 5 atom stereocenters. The molecular formula is C17H20O9. The van der Waals surface area contributed by atoms with Gasteiger partial charge in [0.1, 0.15) is 53.2 Å². The second-order valence-electron chi connectivity index (χ2n) is 6.19. The largest absolute Gasteiger partial charge is 0.507 e. The lowest BCUT2D eigenvalue weighted by Crippen LogP contribution is -2.55. The first-order valence-electron chi connectivity index (χ1n) is 7.95. The molecule has 0 unspecified atom stereocenters. The van der Waals surface area contributed by atoms with Gasteiger partial charge in [-0.25, -0.2) is 0 Å². The minimum atomic E-state index is -1.61. The zero-order chi connectivity index (χ0) is 19.2.